The number of anilines is 1. The van der Waals surface area contributed by atoms with Crippen LogP contribution in [0.15, 0.2) is 35.2 Å². The molecule has 0 spiro atoms. The topological polar surface area (TPSA) is 104 Å². The minimum Gasteiger partial charge on any atom is -0.507 e. The van der Waals surface area contributed by atoms with Crippen molar-refractivity contribution in [2.75, 3.05) is 5.32 Å². The monoisotopic (exact) mass is 309 g/mol. The Labute approximate surface area is 122 Å². The van der Waals surface area contributed by atoms with Gasteiger partial charge < -0.3 is 10.4 Å². The van der Waals surface area contributed by atoms with Crippen molar-refractivity contribution in [1.82, 2.24) is 0 Å². The van der Waals surface area contributed by atoms with Crippen LogP contribution < -0.4 is 5.32 Å². The third kappa shape index (κ3) is 3.14. The second kappa shape index (κ2) is 5.34. The van der Waals surface area contributed by atoms with Gasteiger partial charge >= 0.3 is 0 Å². The predicted octanol–water partition coefficient (Wildman–Crippen LogP) is 2.39. The van der Waals surface area contributed by atoms with Gasteiger partial charge in [-0.1, -0.05) is 26.0 Å². The van der Waals surface area contributed by atoms with Gasteiger partial charge in [0.2, 0.25) is 5.91 Å². The molecule has 0 saturated carbocycles. The Kier molecular flexibility index (Phi) is 3.89. The molecule has 1 amide bonds. The van der Waals surface area contributed by atoms with Crippen molar-refractivity contribution in [3.63, 3.8) is 0 Å². The fourth-order valence-corrected chi connectivity index (χ4v) is 2.40. The summed E-state index contributed by atoms with van der Waals surface area (Å²) < 4.78 is 31.6. The predicted molar refractivity (Wildman–Crippen MR) is 78.9 cm³/mol. The number of hydrogen-bond acceptors (Lipinski definition) is 4. The SMILES string of the molecule is CC(C)C(=O)Nc1cccc2c(O)cc(S(=O)(=O)O)cc12. The Morgan fingerprint density at radius 2 is 1.86 bits per heavy atom. The largest absolute Gasteiger partial charge is 0.507 e. The summed E-state index contributed by atoms with van der Waals surface area (Å²) >= 11 is 0. The second-order valence-electron chi connectivity index (χ2n) is 4.96. The minimum absolute atomic E-state index is 0.237. The summed E-state index contributed by atoms with van der Waals surface area (Å²) in [5.41, 5.74) is 0.368. The molecule has 3 N–H and O–H groups in total. The zero-order chi connectivity index (χ0) is 15.8. The Hall–Kier alpha value is -2.12. The zero-order valence-corrected chi connectivity index (χ0v) is 12.3. The molecule has 0 aliphatic carbocycles. The van der Waals surface area contributed by atoms with Crippen LogP contribution in [0, 0.1) is 5.92 Å². The number of amides is 1. The molecule has 0 radical (unpaired) electrons. The van der Waals surface area contributed by atoms with Gasteiger partial charge in [0.25, 0.3) is 10.1 Å². The van der Waals surface area contributed by atoms with Crippen molar-refractivity contribution < 1.29 is 22.9 Å². The first-order chi connectivity index (χ1) is 9.70. The quantitative estimate of drug-likeness (QED) is 0.755. The van der Waals surface area contributed by atoms with E-state index < -0.39 is 15.0 Å². The van der Waals surface area contributed by atoms with Crippen molar-refractivity contribution in [2.24, 2.45) is 5.92 Å². The fourth-order valence-electron chi connectivity index (χ4n) is 1.88. The number of aromatic hydroxyl groups is 1. The van der Waals surface area contributed by atoms with Crippen LogP contribution >= 0.6 is 0 Å². The van der Waals surface area contributed by atoms with E-state index in [0.29, 0.717) is 16.5 Å². The number of carbonyl (C=O) groups is 1. The van der Waals surface area contributed by atoms with Crippen LogP contribution in [0.3, 0.4) is 0 Å². The lowest BCUT2D eigenvalue weighted by molar-refractivity contribution is -0.118. The average Bonchev–Trinajstić information content (AvgIpc) is 2.38. The lowest BCUT2D eigenvalue weighted by Crippen LogP contribution is -2.17. The molecule has 2 aromatic carbocycles. The summed E-state index contributed by atoms with van der Waals surface area (Å²) in [4.78, 5) is 11.3. The molecule has 2 rings (SSSR count). The molecule has 2 aromatic rings. The first kappa shape index (κ1) is 15.3. The Bertz CT molecular complexity index is 811. The number of benzene rings is 2. The molecule has 0 bridgehead atoms. The molecule has 21 heavy (non-hydrogen) atoms. The van der Waals surface area contributed by atoms with Gasteiger partial charge in [-0.05, 0) is 12.1 Å². The number of phenols is 1. The van der Waals surface area contributed by atoms with Gasteiger partial charge in [0.05, 0.1) is 4.90 Å². The molecule has 0 heterocycles. The van der Waals surface area contributed by atoms with Gasteiger partial charge in [-0.25, -0.2) is 0 Å². The van der Waals surface area contributed by atoms with Crippen LogP contribution in [-0.4, -0.2) is 24.0 Å². The smallest absolute Gasteiger partial charge is 0.294 e. The molecule has 0 aliphatic heterocycles. The lowest BCUT2D eigenvalue weighted by atomic mass is 10.1. The van der Waals surface area contributed by atoms with Crippen LogP contribution in [0.2, 0.25) is 0 Å². The molecule has 0 fully saturated rings. The van der Waals surface area contributed by atoms with Gasteiger partial charge in [0, 0.05) is 28.4 Å². The molecular weight excluding hydrogens is 294 g/mol. The highest BCUT2D eigenvalue weighted by molar-refractivity contribution is 7.85. The highest BCUT2D eigenvalue weighted by Crippen LogP contribution is 2.33. The van der Waals surface area contributed by atoms with Crippen LogP contribution in [-0.2, 0) is 14.9 Å². The van der Waals surface area contributed by atoms with Crippen molar-refractivity contribution in [1.29, 1.82) is 0 Å². The van der Waals surface area contributed by atoms with Crippen LogP contribution in [0.25, 0.3) is 10.8 Å². The Morgan fingerprint density at radius 3 is 2.43 bits per heavy atom. The molecule has 0 saturated heterocycles. The zero-order valence-electron chi connectivity index (χ0n) is 11.5. The third-order valence-electron chi connectivity index (χ3n) is 3.03. The molecule has 112 valence electrons. The second-order valence-corrected chi connectivity index (χ2v) is 6.38. The third-order valence-corrected chi connectivity index (χ3v) is 3.86. The standard InChI is InChI=1S/C14H15NO5S/c1-8(2)14(17)15-12-5-3-4-10-11(12)6-9(7-13(10)16)21(18,19)20/h3-8,16H,1-2H3,(H,15,17)(H,18,19,20). The first-order valence-corrected chi connectivity index (χ1v) is 7.68. The maximum atomic E-state index is 11.8. The summed E-state index contributed by atoms with van der Waals surface area (Å²) in [6.45, 7) is 3.45. The minimum atomic E-state index is -4.45. The summed E-state index contributed by atoms with van der Waals surface area (Å²) in [6.07, 6.45) is 0. The van der Waals surface area contributed by atoms with Gasteiger partial charge in [0.1, 0.15) is 5.75 Å². The van der Waals surface area contributed by atoms with E-state index in [-0.39, 0.29) is 17.6 Å². The van der Waals surface area contributed by atoms with Gasteiger partial charge in [-0.3, -0.25) is 9.35 Å². The number of carbonyl (C=O) groups excluding carboxylic acids is 1. The summed E-state index contributed by atoms with van der Waals surface area (Å²) in [5, 5.41) is 13.3. The van der Waals surface area contributed by atoms with Crippen LogP contribution in [0.5, 0.6) is 5.75 Å². The Morgan fingerprint density at radius 1 is 1.19 bits per heavy atom. The van der Waals surface area contributed by atoms with Gasteiger partial charge in [0.15, 0.2) is 0 Å². The number of phenolic OH excluding ortho intramolecular Hbond substituents is 1. The first-order valence-electron chi connectivity index (χ1n) is 6.24. The summed E-state index contributed by atoms with van der Waals surface area (Å²) in [5.74, 6) is -0.779. The highest BCUT2D eigenvalue weighted by atomic mass is 32.2. The van der Waals surface area contributed by atoms with Gasteiger partial charge in [-0.2, -0.15) is 8.42 Å². The van der Waals surface area contributed by atoms with Crippen molar-refractivity contribution in [3.05, 3.63) is 30.3 Å². The number of nitrogens with one attached hydrogen (secondary N) is 1. The fraction of sp³-hybridized carbons (Fsp3) is 0.214. The van der Waals surface area contributed by atoms with E-state index in [2.05, 4.69) is 5.32 Å². The molecule has 0 aromatic heterocycles. The van der Waals surface area contributed by atoms with Crippen LogP contribution in [0.1, 0.15) is 13.8 Å². The van der Waals surface area contributed by atoms with Gasteiger partial charge in [-0.15, -0.1) is 0 Å². The molecule has 0 unspecified atom stereocenters. The van der Waals surface area contributed by atoms with E-state index in [0.717, 1.165) is 6.07 Å². The lowest BCUT2D eigenvalue weighted by Gasteiger charge is -2.12. The normalized spacial score (nSPS) is 11.8. The number of hydrogen-bond donors (Lipinski definition) is 3. The van der Waals surface area contributed by atoms with E-state index >= 15 is 0 Å². The van der Waals surface area contributed by atoms with E-state index in [1.54, 1.807) is 32.0 Å². The molecular formula is C14H15NO5S. The summed E-state index contributed by atoms with van der Waals surface area (Å²) in [7, 11) is -4.45. The molecule has 0 aliphatic rings. The molecule has 7 heteroatoms. The average molecular weight is 309 g/mol. The summed E-state index contributed by atoms with van der Waals surface area (Å²) in [6, 6.07) is 6.98. The number of rotatable bonds is 3. The highest BCUT2D eigenvalue weighted by Gasteiger charge is 2.16. The van der Waals surface area contributed by atoms with E-state index in [4.69, 9.17) is 4.55 Å². The van der Waals surface area contributed by atoms with E-state index in [1.165, 1.54) is 6.07 Å². The maximum absolute atomic E-state index is 11.8. The van der Waals surface area contributed by atoms with E-state index in [1.807, 2.05) is 0 Å². The van der Waals surface area contributed by atoms with Crippen molar-refractivity contribution in [3.8, 4) is 5.75 Å². The molecule has 6 nitrogen and oxygen atoms in total. The maximum Gasteiger partial charge on any atom is 0.294 e. The Balaban J connectivity index is 2.67. The van der Waals surface area contributed by atoms with E-state index in [9.17, 15) is 18.3 Å². The van der Waals surface area contributed by atoms with Crippen molar-refractivity contribution in [2.45, 2.75) is 18.7 Å². The van der Waals surface area contributed by atoms with Crippen molar-refractivity contribution >= 4 is 32.5 Å². The number of fused-ring (bicyclic) bond motifs is 1. The molecule has 0 atom stereocenters. The van der Waals surface area contributed by atoms with Crippen LogP contribution in [0.4, 0.5) is 5.69 Å².